The average Bonchev–Trinajstić information content (AvgIpc) is 3.37. The van der Waals surface area contributed by atoms with Gasteiger partial charge in [0.2, 0.25) is 0 Å². The second-order valence-electron chi connectivity index (χ2n) is 14.1. The number of aryl methyl sites for hydroxylation is 2. The number of nitrogens with zero attached hydrogens (tertiary/aromatic N) is 2. The van der Waals surface area contributed by atoms with E-state index < -0.39 is 0 Å². The zero-order chi connectivity index (χ0) is 35.0. The van der Waals surface area contributed by atoms with Gasteiger partial charge in [0.25, 0.3) is 0 Å². The Kier molecular flexibility index (Phi) is 8.37. The van der Waals surface area contributed by atoms with Gasteiger partial charge in [-0.25, -0.2) is 0 Å². The largest absolute Gasteiger partial charge is 0.311 e. The molecule has 51 heavy (non-hydrogen) atoms. The molecule has 0 aliphatic heterocycles. The molecule has 7 aromatic carbocycles. The van der Waals surface area contributed by atoms with Crippen LogP contribution in [0, 0.1) is 13.8 Å². The van der Waals surface area contributed by atoms with Gasteiger partial charge in [-0.1, -0.05) is 123 Å². The number of para-hydroxylation sites is 3. The highest BCUT2D eigenvalue weighted by atomic mass is 15.1. The smallest absolute Gasteiger partial charge is 0.0466 e. The lowest BCUT2D eigenvalue weighted by atomic mass is 9.81. The second-order valence-corrected chi connectivity index (χ2v) is 14.1. The van der Waals surface area contributed by atoms with Crippen molar-refractivity contribution in [2.24, 2.45) is 0 Å². The highest BCUT2D eigenvalue weighted by Gasteiger charge is 2.36. The molecule has 248 valence electrons. The Bertz CT molecular complexity index is 2280. The lowest BCUT2D eigenvalue weighted by molar-refractivity contribution is 0.660. The first-order chi connectivity index (χ1) is 24.8. The zero-order valence-electron chi connectivity index (χ0n) is 29.7. The predicted octanol–water partition coefficient (Wildman–Crippen LogP) is 13.7. The van der Waals surface area contributed by atoms with E-state index in [0.29, 0.717) is 0 Å². The summed E-state index contributed by atoms with van der Waals surface area (Å²) in [6, 6.07) is 61.3. The topological polar surface area (TPSA) is 6.48 Å². The first kappa shape index (κ1) is 32.1. The Morgan fingerprint density at radius 3 is 1.33 bits per heavy atom. The van der Waals surface area contributed by atoms with Crippen LogP contribution in [0.2, 0.25) is 0 Å². The quantitative estimate of drug-likeness (QED) is 0.150. The van der Waals surface area contributed by atoms with Gasteiger partial charge < -0.3 is 9.80 Å². The van der Waals surface area contributed by atoms with Crippen LogP contribution in [-0.4, -0.2) is 0 Å². The van der Waals surface area contributed by atoms with Gasteiger partial charge in [-0.2, -0.15) is 0 Å². The maximum absolute atomic E-state index is 2.41. The number of benzene rings is 7. The molecule has 8 rings (SSSR count). The molecule has 1 aliphatic rings. The van der Waals surface area contributed by atoms with Crippen LogP contribution in [-0.2, 0) is 5.41 Å². The Balaban J connectivity index is 1.08. The van der Waals surface area contributed by atoms with Crippen LogP contribution < -0.4 is 9.80 Å². The van der Waals surface area contributed by atoms with Gasteiger partial charge in [0.15, 0.2) is 0 Å². The lowest BCUT2D eigenvalue weighted by Gasteiger charge is -2.28. The highest BCUT2D eigenvalue weighted by molar-refractivity contribution is 5.87. The normalized spacial score (nSPS) is 12.8. The fraction of sp³-hybridized carbons (Fsp3) is 0.102. The molecule has 0 saturated carbocycles. The molecule has 0 atom stereocenters. The summed E-state index contributed by atoms with van der Waals surface area (Å²) in [6.45, 7) is 9.08. The fourth-order valence-electron chi connectivity index (χ4n) is 7.62. The van der Waals surface area contributed by atoms with Gasteiger partial charge in [0.05, 0.1) is 0 Å². The number of rotatable bonds is 8. The van der Waals surface area contributed by atoms with E-state index in [-0.39, 0.29) is 5.41 Å². The van der Waals surface area contributed by atoms with Crippen molar-refractivity contribution >= 4 is 46.3 Å². The van der Waals surface area contributed by atoms with Crippen molar-refractivity contribution in [1.29, 1.82) is 0 Å². The van der Waals surface area contributed by atoms with Crippen molar-refractivity contribution < 1.29 is 0 Å². The molecule has 0 spiro atoms. The summed E-state index contributed by atoms with van der Waals surface area (Å²) < 4.78 is 0. The third-order valence-electron chi connectivity index (χ3n) is 10.1. The van der Waals surface area contributed by atoms with E-state index in [9.17, 15) is 0 Å². The second kappa shape index (κ2) is 13.3. The average molecular weight is 659 g/mol. The first-order valence-corrected chi connectivity index (χ1v) is 17.8. The lowest BCUT2D eigenvalue weighted by Crippen LogP contribution is -2.16. The van der Waals surface area contributed by atoms with E-state index in [2.05, 4.69) is 220 Å². The summed E-state index contributed by atoms with van der Waals surface area (Å²) in [5.74, 6) is 0. The van der Waals surface area contributed by atoms with E-state index >= 15 is 0 Å². The van der Waals surface area contributed by atoms with Crippen LogP contribution in [0.25, 0.3) is 23.3 Å². The van der Waals surface area contributed by atoms with Crippen molar-refractivity contribution in [3.63, 3.8) is 0 Å². The molecule has 0 fully saturated rings. The maximum atomic E-state index is 2.41. The number of hydrogen-bond donors (Lipinski definition) is 0. The van der Waals surface area contributed by atoms with Crippen LogP contribution in [0.5, 0.6) is 0 Å². The van der Waals surface area contributed by atoms with E-state index in [1.807, 2.05) is 0 Å². The summed E-state index contributed by atoms with van der Waals surface area (Å²) >= 11 is 0. The monoisotopic (exact) mass is 658 g/mol. The van der Waals surface area contributed by atoms with Crippen molar-refractivity contribution in [3.8, 4) is 11.1 Å². The van der Waals surface area contributed by atoms with Gasteiger partial charge in [-0.05, 0) is 131 Å². The molecule has 7 aromatic rings. The molecule has 0 unspecified atom stereocenters. The molecular weight excluding hydrogens is 617 g/mol. The van der Waals surface area contributed by atoms with Crippen LogP contribution in [0.1, 0.15) is 47.2 Å². The molecule has 0 aromatic heterocycles. The molecule has 2 heteroatoms. The van der Waals surface area contributed by atoms with Gasteiger partial charge in [0, 0.05) is 39.5 Å². The van der Waals surface area contributed by atoms with Gasteiger partial charge in [-0.3, -0.25) is 0 Å². The molecule has 0 saturated heterocycles. The van der Waals surface area contributed by atoms with E-state index in [0.717, 1.165) is 22.7 Å². The van der Waals surface area contributed by atoms with Gasteiger partial charge in [0.1, 0.15) is 0 Å². The third kappa shape index (κ3) is 6.26. The van der Waals surface area contributed by atoms with Crippen molar-refractivity contribution in [2.75, 3.05) is 9.80 Å². The molecular formula is C49H42N2. The standard InChI is InChI=1S/C49H42N2/c1-35-30-36(2)32-44(31-35)51(41-18-12-7-13-19-41)43-27-29-46-45-28-24-38(33-47(45)49(3,4)48(46)34-43)21-20-37-22-25-42(26-23-37)50(39-14-8-5-9-15-39)40-16-10-6-11-17-40/h5-34H,1-4H3/b21-20+. The van der Waals surface area contributed by atoms with Crippen molar-refractivity contribution in [3.05, 3.63) is 203 Å². The Morgan fingerprint density at radius 1 is 0.373 bits per heavy atom. The Hall–Kier alpha value is -6.12. The van der Waals surface area contributed by atoms with E-state index in [1.54, 1.807) is 0 Å². The summed E-state index contributed by atoms with van der Waals surface area (Å²) in [5, 5.41) is 0. The zero-order valence-corrected chi connectivity index (χ0v) is 29.7. The fourth-order valence-corrected chi connectivity index (χ4v) is 7.62. The Morgan fingerprint density at radius 2 is 0.784 bits per heavy atom. The minimum Gasteiger partial charge on any atom is -0.311 e. The minimum atomic E-state index is -0.143. The van der Waals surface area contributed by atoms with E-state index in [4.69, 9.17) is 0 Å². The molecule has 0 amide bonds. The molecule has 1 aliphatic carbocycles. The molecule has 0 radical (unpaired) electrons. The first-order valence-electron chi connectivity index (χ1n) is 17.8. The molecule has 0 bridgehead atoms. The molecule has 0 N–H and O–H groups in total. The summed E-state index contributed by atoms with van der Waals surface area (Å²) in [5.41, 5.74) is 17.0. The third-order valence-corrected chi connectivity index (χ3v) is 10.1. The maximum Gasteiger partial charge on any atom is 0.0466 e. The SMILES string of the molecule is Cc1cc(C)cc(N(c2ccccc2)c2ccc3c(c2)C(C)(C)c2cc(/C=C/c4ccc(N(c5ccccc5)c5ccccc5)cc4)ccc2-3)c1. The van der Waals surface area contributed by atoms with Crippen molar-refractivity contribution in [2.45, 2.75) is 33.1 Å². The Labute approximate surface area is 302 Å². The summed E-state index contributed by atoms with van der Waals surface area (Å²) in [6.07, 6.45) is 4.46. The van der Waals surface area contributed by atoms with Crippen LogP contribution in [0.4, 0.5) is 34.1 Å². The van der Waals surface area contributed by atoms with Crippen LogP contribution in [0.3, 0.4) is 0 Å². The van der Waals surface area contributed by atoms with Gasteiger partial charge in [-0.15, -0.1) is 0 Å². The predicted molar refractivity (Wildman–Crippen MR) is 218 cm³/mol. The molecule has 2 nitrogen and oxygen atoms in total. The number of fused-ring (bicyclic) bond motifs is 3. The summed E-state index contributed by atoms with van der Waals surface area (Å²) in [7, 11) is 0. The highest BCUT2D eigenvalue weighted by Crippen LogP contribution is 2.51. The number of anilines is 6. The van der Waals surface area contributed by atoms with Crippen LogP contribution in [0.15, 0.2) is 170 Å². The summed E-state index contributed by atoms with van der Waals surface area (Å²) in [4.78, 5) is 4.68. The molecule has 0 heterocycles. The number of hydrogen-bond acceptors (Lipinski definition) is 2. The minimum absolute atomic E-state index is 0.143. The van der Waals surface area contributed by atoms with Gasteiger partial charge >= 0.3 is 0 Å². The van der Waals surface area contributed by atoms with E-state index in [1.165, 1.54) is 55.9 Å². The van der Waals surface area contributed by atoms with Crippen LogP contribution >= 0.6 is 0 Å². The van der Waals surface area contributed by atoms with Crippen molar-refractivity contribution in [1.82, 2.24) is 0 Å².